The summed E-state index contributed by atoms with van der Waals surface area (Å²) in [5, 5.41) is 27.6. The Hall–Kier alpha value is -1.36. The van der Waals surface area contributed by atoms with Crippen molar-refractivity contribution in [2.75, 3.05) is 84.4 Å². The minimum absolute atomic E-state index is 0.136. The first-order chi connectivity index (χ1) is 14.2. The van der Waals surface area contributed by atoms with E-state index >= 15 is 0 Å². The Kier molecular flexibility index (Phi) is 13.0. The van der Waals surface area contributed by atoms with Crippen molar-refractivity contribution in [1.29, 1.82) is 0 Å². The maximum atomic E-state index is 11.2. The Bertz CT molecular complexity index is 523. The molecule has 4 N–H and O–H groups in total. The minimum Gasteiger partial charge on any atom is -0.480 e. The Labute approximate surface area is 178 Å². The van der Waals surface area contributed by atoms with Gasteiger partial charge < -0.3 is 20.2 Å². The quantitative estimate of drug-likeness (QED) is 0.311. The van der Waals surface area contributed by atoms with Crippen molar-refractivity contribution in [3.8, 4) is 0 Å². The molecule has 0 saturated carbocycles. The zero-order valence-electron chi connectivity index (χ0n) is 17.6. The molecule has 0 aliphatic carbocycles. The molecule has 0 amide bonds. The average Bonchev–Trinajstić information content (AvgIpc) is 2.62. The van der Waals surface area contributed by atoms with Gasteiger partial charge >= 0.3 is 17.9 Å². The summed E-state index contributed by atoms with van der Waals surface area (Å²) in [7, 11) is -1.15. The second-order valence-electron chi connectivity index (χ2n) is 7.50. The van der Waals surface area contributed by atoms with Gasteiger partial charge in [0.1, 0.15) is 0 Å². The fourth-order valence-corrected chi connectivity index (χ4v) is 4.73. The summed E-state index contributed by atoms with van der Waals surface area (Å²) >= 11 is 0. The van der Waals surface area contributed by atoms with Crippen LogP contribution in [-0.2, 0) is 14.4 Å². The molecule has 1 fully saturated rings. The van der Waals surface area contributed by atoms with Crippen molar-refractivity contribution in [1.82, 2.24) is 19.6 Å². The number of nitrogens with zero attached hydrogens (tertiary/aromatic N) is 4. The van der Waals surface area contributed by atoms with Crippen LogP contribution in [0.1, 0.15) is 13.3 Å². The van der Waals surface area contributed by atoms with E-state index in [0.717, 1.165) is 12.6 Å². The maximum Gasteiger partial charge on any atom is 0.317 e. The van der Waals surface area contributed by atoms with Gasteiger partial charge in [0, 0.05) is 66.8 Å². The molecule has 1 unspecified atom stereocenters. The van der Waals surface area contributed by atoms with E-state index in [2.05, 4.69) is 4.90 Å². The Morgan fingerprint density at radius 2 is 0.967 bits per heavy atom. The van der Waals surface area contributed by atoms with Crippen molar-refractivity contribution in [3.05, 3.63) is 0 Å². The SMILES string of the molecule is CCCP(O)CN1CCN(CC(=O)O)CCN(CC(=O)O)CCN(CC(=O)O)CC1. The monoisotopic (exact) mass is 450 g/mol. The highest BCUT2D eigenvalue weighted by molar-refractivity contribution is 7.51. The average molecular weight is 450 g/mol. The van der Waals surface area contributed by atoms with Crippen molar-refractivity contribution in [2.45, 2.75) is 13.3 Å². The predicted octanol–water partition coefficient (Wildman–Crippen LogP) is -0.781. The first-order valence-corrected chi connectivity index (χ1v) is 11.8. The van der Waals surface area contributed by atoms with Gasteiger partial charge in [-0.2, -0.15) is 0 Å². The van der Waals surface area contributed by atoms with Crippen LogP contribution >= 0.6 is 8.15 Å². The molecule has 174 valence electrons. The molecule has 0 aromatic rings. The van der Waals surface area contributed by atoms with E-state index in [4.69, 9.17) is 5.11 Å². The smallest absolute Gasteiger partial charge is 0.317 e. The zero-order valence-corrected chi connectivity index (χ0v) is 18.5. The molecule has 11 nitrogen and oxygen atoms in total. The van der Waals surface area contributed by atoms with E-state index in [1.165, 1.54) is 0 Å². The van der Waals surface area contributed by atoms with Gasteiger partial charge in [0.15, 0.2) is 0 Å². The van der Waals surface area contributed by atoms with Gasteiger partial charge in [-0.25, -0.2) is 0 Å². The highest BCUT2D eigenvalue weighted by atomic mass is 31.1. The molecule has 1 aliphatic heterocycles. The third-order valence-corrected chi connectivity index (χ3v) is 6.54. The van der Waals surface area contributed by atoms with Crippen molar-refractivity contribution < 1.29 is 34.6 Å². The molecule has 0 radical (unpaired) electrons. The van der Waals surface area contributed by atoms with Crippen LogP contribution in [0, 0.1) is 0 Å². The van der Waals surface area contributed by atoms with Crippen molar-refractivity contribution in [3.63, 3.8) is 0 Å². The summed E-state index contributed by atoms with van der Waals surface area (Å²) in [5.74, 6) is -2.86. The topological polar surface area (TPSA) is 145 Å². The molecule has 1 heterocycles. The first kappa shape index (κ1) is 26.7. The lowest BCUT2D eigenvalue weighted by atomic mass is 10.3. The van der Waals surface area contributed by atoms with Gasteiger partial charge in [-0.15, -0.1) is 0 Å². The molecule has 0 spiro atoms. The third kappa shape index (κ3) is 12.4. The van der Waals surface area contributed by atoms with Crippen LogP contribution in [0.25, 0.3) is 0 Å². The molecule has 0 bridgehead atoms. The summed E-state index contributed by atoms with van der Waals surface area (Å²) in [5.41, 5.74) is 0. The van der Waals surface area contributed by atoms with Gasteiger partial charge in [0.05, 0.1) is 19.6 Å². The summed E-state index contributed by atoms with van der Waals surface area (Å²) in [6.45, 7) is 5.16. The van der Waals surface area contributed by atoms with Crippen LogP contribution in [0.5, 0.6) is 0 Å². The first-order valence-electron chi connectivity index (χ1n) is 10.2. The fraction of sp³-hybridized carbons (Fsp3) is 0.833. The van der Waals surface area contributed by atoms with E-state index in [1.54, 1.807) is 14.7 Å². The Morgan fingerprint density at radius 1 is 0.667 bits per heavy atom. The van der Waals surface area contributed by atoms with Crippen LogP contribution < -0.4 is 0 Å². The molecule has 12 heteroatoms. The second kappa shape index (κ2) is 14.6. The number of carboxylic acid groups (broad SMARTS) is 3. The molecular weight excluding hydrogens is 415 g/mol. The molecule has 1 aliphatic rings. The van der Waals surface area contributed by atoms with Crippen molar-refractivity contribution >= 4 is 26.1 Å². The molecular formula is C18H35N4O7P. The van der Waals surface area contributed by atoms with Gasteiger partial charge in [0.25, 0.3) is 0 Å². The van der Waals surface area contributed by atoms with Crippen LogP contribution in [0.4, 0.5) is 0 Å². The molecule has 1 saturated heterocycles. The highest BCUT2D eigenvalue weighted by Crippen LogP contribution is 2.31. The number of hydrogen-bond donors (Lipinski definition) is 4. The summed E-state index contributed by atoms with van der Waals surface area (Å²) < 4.78 is 0. The number of aliphatic carboxylic acids is 3. The lowest BCUT2D eigenvalue weighted by Crippen LogP contribution is -2.48. The predicted molar refractivity (Wildman–Crippen MR) is 113 cm³/mol. The van der Waals surface area contributed by atoms with E-state index < -0.39 is 26.1 Å². The van der Waals surface area contributed by atoms with E-state index in [1.807, 2.05) is 6.92 Å². The number of carboxylic acids is 3. The summed E-state index contributed by atoms with van der Waals surface area (Å²) in [6, 6.07) is 0. The standard InChI is InChI=1S/C18H35N4O7P/c1-2-11-30(29)15-22-9-7-20(13-17(25)26)5-3-19(12-16(23)24)4-6-21(8-10-22)14-18(27)28/h29H,2-15H2,1H3,(H,23,24)(H,25,26)(H,27,28). The van der Waals surface area contributed by atoms with Crippen LogP contribution in [-0.4, -0.2) is 142 Å². The van der Waals surface area contributed by atoms with Crippen LogP contribution in [0.3, 0.4) is 0 Å². The lowest BCUT2D eigenvalue weighted by molar-refractivity contribution is -0.140. The largest absolute Gasteiger partial charge is 0.480 e. The third-order valence-electron chi connectivity index (χ3n) is 4.85. The van der Waals surface area contributed by atoms with Crippen LogP contribution in [0.15, 0.2) is 0 Å². The molecule has 0 aromatic carbocycles. The fourth-order valence-electron chi connectivity index (χ4n) is 3.33. The van der Waals surface area contributed by atoms with Gasteiger partial charge in [-0.05, 0) is 6.16 Å². The highest BCUT2D eigenvalue weighted by Gasteiger charge is 2.21. The molecule has 30 heavy (non-hydrogen) atoms. The van der Waals surface area contributed by atoms with E-state index in [9.17, 15) is 29.5 Å². The van der Waals surface area contributed by atoms with Gasteiger partial charge in [-0.1, -0.05) is 13.3 Å². The molecule has 1 atom stereocenters. The Balaban J connectivity index is 2.91. The van der Waals surface area contributed by atoms with Crippen molar-refractivity contribution in [2.24, 2.45) is 0 Å². The van der Waals surface area contributed by atoms with E-state index in [0.29, 0.717) is 58.6 Å². The minimum atomic E-state index is -1.15. The molecule has 0 aromatic heterocycles. The lowest BCUT2D eigenvalue weighted by Gasteiger charge is -2.33. The molecule has 1 rings (SSSR count). The zero-order chi connectivity index (χ0) is 22.5. The summed E-state index contributed by atoms with van der Waals surface area (Å²) in [4.78, 5) is 51.2. The Morgan fingerprint density at radius 3 is 1.23 bits per heavy atom. The van der Waals surface area contributed by atoms with Gasteiger partial charge in [0.2, 0.25) is 0 Å². The van der Waals surface area contributed by atoms with E-state index in [-0.39, 0.29) is 19.6 Å². The number of hydrogen-bond acceptors (Lipinski definition) is 8. The van der Waals surface area contributed by atoms with Crippen LogP contribution in [0.2, 0.25) is 0 Å². The second-order valence-corrected chi connectivity index (χ2v) is 9.24. The number of rotatable bonds is 10. The van der Waals surface area contributed by atoms with Gasteiger partial charge in [-0.3, -0.25) is 34.0 Å². The number of carbonyl (C=O) groups is 3. The maximum absolute atomic E-state index is 11.2. The summed E-state index contributed by atoms with van der Waals surface area (Å²) in [6.07, 6.45) is 2.12. The normalized spacial score (nSPS) is 20.2.